The third kappa shape index (κ3) is 3.43. The van der Waals surface area contributed by atoms with Crippen molar-refractivity contribution in [3.05, 3.63) is 30.3 Å². The monoisotopic (exact) mass is 208 g/mol. The summed E-state index contributed by atoms with van der Waals surface area (Å²) in [6.45, 7) is 0. The summed E-state index contributed by atoms with van der Waals surface area (Å²) in [4.78, 5) is 11.3. The van der Waals surface area contributed by atoms with Crippen molar-refractivity contribution in [3.8, 4) is 0 Å². The lowest BCUT2D eigenvalue weighted by Gasteiger charge is -2.08. The van der Waals surface area contributed by atoms with Crippen LogP contribution in [0.1, 0.15) is 0 Å². The highest BCUT2D eigenvalue weighted by Gasteiger charge is 2.10. The van der Waals surface area contributed by atoms with Gasteiger partial charge in [-0.15, -0.1) is 0 Å². The molecule has 0 fully saturated rings. The number of hydrogen-bond acceptors (Lipinski definition) is 3. The molecular weight excluding hydrogens is 195 g/mol. The Hall–Kier alpha value is -0.935. The smallest absolute Gasteiger partial charge is 0.269 e. The van der Waals surface area contributed by atoms with Crippen molar-refractivity contribution in [3.63, 3.8) is 0 Å². The van der Waals surface area contributed by atoms with E-state index >= 15 is 0 Å². The zero-order valence-electron chi connectivity index (χ0n) is 7.81. The Kier molecular flexibility index (Phi) is 4.55. The van der Waals surface area contributed by atoms with Crippen LogP contribution >= 0.6 is 12.6 Å². The molecule has 1 aromatic carbocycles. The molecule has 0 aliphatic carbocycles. The van der Waals surface area contributed by atoms with E-state index in [-0.39, 0.29) is 5.91 Å². The number of rotatable bonds is 4. The minimum atomic E-state index is -0.526. The molecule has 1 unspecified atom stereocenters. The van der Waals surface area contributed by atoms with Gasteiger partial charge in [0.05, 0.1) is 6.04 Å². The van der Waals surface area contributed by atoms with Crippen LogP contribution in [0.15, 0.2) is 30.3 Å². The van der Waals surface area contributed by atoms with Gasteiger partial charge in [0.2, 0.25) is 5.91 Å². The second-order valence-electron chi connectivity index (χ2n) is 2.99. The molecule has 74 valence electrons. The Morgan fingerprint density at radius 2 is 2.14 bits per heavy atom. The third-order valence-corrected chi connectivity index (χ3v) is 2.24. The van der Waals surface area contributed by atoms with Crippen molar-refractivity contribution in [1.29, 1.82) is 0 Å². The van der Waals surface area contributed by atoms with Crippen LogP contribution < -0.4 is 16.4 Å². The van der Waals surface area contributed by atoms with Gasteiger partial charge in [0.15, 0.2) is 0 Å². The van der Waals surface area contributed by atoms with Crippen molar-refractivity contribution in [2.24, 2.45) is 5.73 Å². The molecular formula is C9H13BN2OS. The molecule has 0 spiro atoms. The van der Waals surface area contributed by atoms with Crippen LogP contribution in [0.4, 0.5) is 0 Å². The molecule has 0 aromatic heterocycles. The predicted molar refractivity (Wildman–Crippen MR) is 63.2 cm³/mol. The summed E-state index contributed by atoms with van der Waals surface area (Å²) in [5.41, 5.74) is 6.55. The van der Waals surface area contributed by atoms with Crippen LogP contribution in [-0.4, -0.2) is 25.1 Å². The number of amides is 1. The maximum Gasteiger partial charge on any atom is 0.269 e. The van der Waals surface area contributed by atoms with Crippen LogP contribution in [0, 0.1) is 0 Å². The van der Waals surface area contributed by atoms with Crippen LogP contribution in [0.5, 0.6) is 0 Å². The number of thiol groups is 1. The summed E-state index contributed by atoms with van der Waals surface area (Å²) in [5.74, 6) is 0.199. The van der Waals surface area contributed by atoms with Gasteiger partial charge in [0.25, 0.3) is 7.41 Å². The summed E-state index contributed by atoms with van der Waals surface area (Å²) in [5, 5.41) is 2.74. The summed E-state index contributed by atoms with van der Waals surface area (Å²) in [6.07, 6.45) is 0. The van der Waals surface area contributed by atoms with E-state index in [9.17, 15) is 4.79 Å². The van der Waals surface area contributed by atoms with Gasteiger partial charge in [-0.3, -0.25) is 4.79 Å². The third-order valence-electron chi connectivity index (χ3n) is 1.84. The minimum Gasteiger partial charge on any atom is -0.396 e. The highest BCUT2D eigenvalue weighted by molar-refractivity contribution is 7.80. The molecule has 0 heterocycles. The lowest BCUT2D eigenvalue weighted by Crippen LogP contribution is -2.46. The van der Waals surface area contributed by atoms with Crippen LogP contribution in [0.25, 0.3) is 0 Å². The van der Waals surface area contributed by atoms with Crippen LogP contribution in [-0.2, 0) is 4.79 Å². The summed E-state index contributed by atoms with van der Waals surface area (Å²) < 4.78 is 0. The van der Waals surface area contributed by atoms with E-state index in [4.69, 9.17) is 5.73 Å². The number of nitrogens with one attached hydrogen (secondary N) is 1. The Bertz CT molecular complexity index is 294. The molecule has 3 nitrogen and oxygen atoms in total. The van der Waals surface area contributed by atoms with E-state index < -0.39 is 6.04 Å². The highest BCUT2D eigenvalue weighted by Crippen LogP contribution is 1.83. The molecule has 0 bridgehead atoms. The lowest BCUT2D eigenvalue weighted by molar-refractivity contribution is -0.120. The number of carbonyl (C=O) groups excluding carboxylic acids is 1. The molecule has 0 aliphatic heterocycles. The van der Waals surface area contributed by atoms with Gasteiger partial charge in [-0.25, -0.2) is 0 Å². The second kappa shape index (κ2) is 5.72. The fraction of sp³-hybridized carbons (Fsp3) is 0.222. The van der Waals surface area contributed by atoms with Gasteiger partial charge in [0, 0.05) is 5.75 Å². The summed E-state index contributed by atoms with van der Waals surface area (Å²) in [6, 6.07) is 9.17. The standard InChI is InChI=1S/C9H13BN2OS/c11-8(6-14)9(13)12-10-7-4-2-1-3-5-7/h1-5,8,10,14H,6,11H2,(H,12,13). The Balaban J connectivity index is 2.38. The van der Waals surface area contributed by atoms with Crippen LogP contribution in [0.3, 0.4) is 0 Å². The quantitative estimate of drug-likeness (QED) is 0.440. The first kappa shape index (κ1) is 11.1. The normalized spacial score (nSPS) is 11.9. The van der Waals surface area contributed by atoms with E-state index in [1.165, 1.54) is 0 Å². The molecule has 0 aliphatic rings. The highest BCUT2D eigenvalue weighted by atomic mass is 32.1. The fourth-order valence-corrected chi connectivity index (χ4v) is 1.16. The molecule has 0 radical (unpaired) electrons. The van der Waals surface area contributed by atoms with Crippen molar-refractivity contribution < 1.29 is 4.79 Å². The largest absolute Gasteiger partial charge is 0.396 e. The molecule has 1 rings (SSSR count). The van der Waals surface area contributed by atoms with Gasteiger partial charge in [-0.05, 0) is 0 Å². The Morgan fingerprint density at radius 1 is 1.50 bits per heavy atom. The fourth-order valence-electron chi connectivity index (χ4n) is 0.999. The average molecular weight is 208 g/mol. The van der Waals surface area contributed by atoms with Gasteiger partial charge < -0.3 is 11.0 Å². The first-order chi connectivity index (χ1) is 6.74. The molecule has 1 aromatic rings. The topological polar surface area (TPSA) is 55.1 Å². The molecule has 1 amide bonds. The van der Waals surface area contributed by atoms with E-state index in [1.54, 1.807) is 0 Å². The minimum absolute atomic E-state index is 0.163. The Morgan fingerprint density at radius 3 is 2.71 bits per heavy atom. The van der Waals surface area contributed by atoms with Gasteiger partial charge in [-0.2, -0.15) is 12.6 Å². The lowest BCUT2D eigenvalue weighted by atomic mass is 9.83. The number of benzene rings is 1. The second-order valence-corrected chi connectivity index (χ2v) is 3.36. The molecule has 5 heteroatoms. The van der Waals surface area contributed by atoms with E-state index in [2.05, 4.69) is 17.9 Å². The van der Waals surface area contributed by atoms with Crippen LogP contribution in [0.2, 0.25) is 0 Å². The summed E-state index contributed by atoms with van der Waals surface area (Å²) in [7, 11) is 0.515. The van der Waals surface area contributed by atoms with Crippen molar-refractivity contribution in [2.45, 2.75) is 6.04 Å². The maximum absolute atomic E-state index is 11.3. The van der Waals surface area contributed by atoms with Gasteiger partial charge in [0.1, 0.15) is 0 Å². The maximum atomic E-state index is 11.3. The van der Waals surface area contributed by atoms with Gasteiger partial charge >= 0.3 is 0 Å². The first-order valence-electron chi connectivity index (χ1n) is 4.42. The SMILES string of the molecule is NC(CS)C(=O)NBc1ccccc1. The zero-order valence-corrected chi connectivity index (χ0v) is 8.71. The number of nitrogens with two attached hydrogens (primary N) is 1. The zero-order chi connectivity index (χ0) is 10.4. The predicted octanol–water partition coefficient (Wildman–Crippen LogP) is -0.963. The van der Waals surface area contributed by atoms with E-state index in [0.717, 1.165) is 5.46 Å². The summed E-state index contributed by atoms with van der Waals surface area (Å²) >= 11 is 3.95. The first-order valence-corrected chi connectivity index (χ1v) is 5.05. The van der Waals surface area contributed by atoms with E-state index in [1.807, 2.05) is 30.3 Å². The van der Waals surface area contributed by atoms with Gasteiger partial charge in [-0.1, -0.05) is 35.8 Å². The number of carbonyl (C=O) groups is 1. The number of hydrogen-bond donors (Lipinski definition) is 3. The molecule has 14 heavy (non-hydrogen) atoms. The Labute approximate surface area is 89.7 Å². The molecule has 3 N–H and O–H groups in total. The molecule has 0 saturated carbocycles. The van der Waals surface area contributed by atoms with Crippen molar-refractivity contribution in [2.75, 3.05) is 5.75 Å². The molecule has 1 atom stereocenters. The van der Waals surface area contributed by atoms with Crippen molar-refractivity contribution in [1.82, 2.24) is 5.23 Å². The van der Waals surface area contributed by atoms with Crippen molar-refractivity contribution >= 4 is 31.4 Å². The average Bonchev–Trinajstić information content (AvgIpc) is 2.26. The van der Waals surface area contributed by atoms with E-state index in [0.29, 0.717) is 13.2 Å². The molecule has 0 saturated heterocycles.